The number of allylic oxidation sites excluding steroid dienone is 1. The number of phenolic OH excluding ortho intramolecular Hbond substituents is 2. The van der Waals surface area contributed by atoms with E-state index in [0.29, 0.717) is 17.1 Å². The second-order valence-corrected chi connectivity index (χ2v) is 4.82. The lowest BCUT2D eigenvalue weighted by Crippen LogP contribution is -2.00. The second-order valence-electron chi connectivity index (χ2n) is 4.82. The number of para-hydroxylation sites is 1. The van der Waals surface area contributed by atoms with Crippen LogP contribution in [-0.2, 0) is 0 Å². The summed E-state index contributed by atoms with van der Waals surface area (Å²) < 4.78 is 15.2. The van der Waals surface area contributed by atoms with E-state index in [1.807, 2.05) is 0 Å². The molecule has 0 spiro atoms. The standard InChI is InChI=1S/C18H18O6/c1-22-12-9-14(20)17(16(10-12)24-3)13(19)8-7-11-5-4-6-15(23-2)18(11)21/h4-10,20-21H,1-3H3/b8-7+. The molecule has 24 heavy (non-hydrogen) atoms. The van der Waals surface area contributed by atoms with E-state index in [1.54, 1.807) is 18.2 Å². The minimum Gasteiger partial charge on any atom is -0.507 e. The van der Waals surface area contributed by atoms with Crippen LogP contribution in [0.5, 0.6) is 28.7 Å². The third kappa shape index (κ3) is 3.43. The van der Waals surface area contributed by atoms with Gasteiger partial charge < -0.3 is 24.4 Å². The first kappa shape index (κ1) is 17.2. The summed E-state index contributed by atoms with van der Waals surface area (Å²) in [6.45, 7) is 0. The number of benzene rings is 2. The minimum absolute atomic E-state index is 0.0111. The summed E-state index contributed by atoms with van der Waals surface area (Å²) in [5.41, 5.74) is 0.423. The van der Waals surface area contributed by atoms with Gasteiger partial charge in [-0.3, -0.25) is 4.79 Å². The largest absolute Gasteiger partial charge is 0.507 e. The molecule has 0 amide bonds. The quantitative estimate of drug-likeness (QED) is 0.625. The van der Waals surface area contributed by atoms with Gasteiger partial charge in [0.25, 0.3) is 0 Å². The molecule has 0 aliphatic rings. The van der Waals surface area contributed by atoms with Gasteiger partial charge >= 0.3 is 0 Å². The van der Waals surface area contributed by atoms with E-state index in [2.05, 4.69) is 0 Å². The Morgan fingerprint density at radius 1 is 1.00 bits per heavy atom. The molecule has 0 heterocycles. The van der Waals surface area contributed by atoms with Gasteiger partial charge in [-0.15, -0.1) is 0 Å². The maximum Gasteiger partial charge on any atom is 0.193 e. The molecule has 0 saturated heterocycles. The highest BCUT2D eigenvalue weighted by Crippen LogP contribution is 2.34. The molecule has 0 aliphatic carbocycles. The summed E-state index contributed by atoms with van der Waals surface area (Å²) in [6, 6.07) is 7.75. The van der Waals surface area contributed by atoms with Gasteiger partial charge in [0.15, 0.2) is 17.3 Å². The fraction of sp³-hybridized carbons (Fsp3) is 0.167. The third-order valence-corrected chi connectivity index (χ3v) is 3.42. The van der Waals surface area contributed by atoms with Crippen molar-refractivity contribution in [2.45, 2.75) is 0 Å². The number of ketones is 1. The van der Waals surface area contributed by atoms with Crippen LogP contribution < -0.4 is 14.2 Å². The molecule has 6 nitrogen and oxygen atoms in total. The van der Waals surface area contributed by atoms with Gasteiger partial charge in [-0.05, 0) is 18.2 Å². The Morgan fingerprint density at radius 2 is 1.71 bits per heavy atom. The summed E-state index contributed by atoms with van der Waals surface area (Å²) in [5, 5.41) is 20.1. The molecular weight excluding hydrogens is 312 g/mol. The van der Waals surface area contributed by atoms with Gasteiger partial charge in [-0.25, -0.2) is 0 Å². The molecule has 0 saturated carbocycles. The van der Waals surface area contributed by atoms with Gasteiger partial charge in [-0.1, -0.05) is 12.1 Å². The number of hydrogen-bond acceptors (Lipinski definition) is 6. The number of methoxy groups -OCH3 is 3. The monoisotopic (exact) mass is 330 g/mol. The average Bonchev–Trinajstić information content (AvgIpc) is 2.59. The first-order valence-corrected chi connectivity index (χ1v) is 7.05. The van der Waals surface area contributed by atoms with Gasteiger partial charge in [0.2, 0.25) is 0 Å². The van der Waals surface area contributed by atoms with Crippen molar-refractivity contribution in [2.24, 2.45) is 0 Å². The van der Waals surface area contributed by atoms with E-state index in [4.69, 9.17) is 14.2 Å². The van der Waals surface area contributed by atoms with Crippen LogP contribution in [0.3, 0.4) is 0 Å². The zero-order chi connectivity index (χ0) is 17.7. The zero-order valence-corrected chi connectivity index (χ0v) is 13.6. The van der Waals surface area contributed by atoms with Crippen LogP contribution in [0.1, 0.15) is 15.9 Å². The Bertz CT molecular complexity index is 779. The van der Waals surface area contributed by atoms with E-state index < -0.39 is 5.78 Å². The van der Waals surface area contributed by atoms with Crippen molar-refractivity contribution in [2.75, 3.05) is 21.3 Å². The maximum absolute atomic E-state index is 12.4. The molecule has 0 bridgehead atoms. The van der Waals surface area contributed by atoms with Crippen molar-refractivity contribution >= 4 is 11.9 Å². The molecule has 0 aromatic heterocycles. The van der Waals surface area contributed by atoms with Crippen LogP contribution in [0.15, 0.2) is 36.4 Å². The predicted molar refractivity (Wildman–Crippen MR) is 89.2 cm³/mol. The molecule has 2 aromatic carbocycles. The molecule has 6 heteroatoms. The predicted octanol–water partition coefficient (Wildman–Crippen LogP) is 3.02. The summed E-state index contributed by atoms with van der Waals surface area (Å²) in [4.78, 5) is 12.4. The molecule has 0 aliphatic heterocycles. The fourth-order valence-corrected chi connectivity index (χ4v) is 2.19. The van der Waals surface area contributed by atoms with Crippen molar-refractivity contribution in [3.63, 3.8) is 0 Å². The van der Waals surface area contributed by atoms with E-state index in [0.717, 1.165) is 0 Å². The second kappa shape index (κ2) is 7.41. The van der Waals surface area contributed by atoms with Crippen LogP contribution in [0.4, 0.5) is 0 Å². The van der Waals surface area contributed by atoms with E-state index >= 15 is 0 Å². The SMILES string of the molecule is COc1cc(O)c(C(=O)/C=C/c2cccc(OC)c2O)c(OC)c1. The van der Waals surface area contributed by atoms with Gasteiger partial charge in [0.05, 0.1) is 21.3 Å². The third-order valence-electron chi connectivity index (χ3n) is 3.42. The lowest BCUT2D eigenvalue weighted by molar-refractivity contribution is 0.104. The zero-order valence-electron chi connectivity index (χ0n) is 13.6. The Kier molecular flexibility index (Phi) is 5.31. The summed E-state index contributed by atoms with van der Waals surface area (Å²) in [5.74, 6) is 0.0565. The molecule has 0 fully saturated rings. The molecule has 0 atom stereocenters. The van der Waals surface area contributed by atoms with Crippen molar-refractivity contribution in [3.05, 3.63) is 47.5 Å². The Morgan fingerprint density at radius 3 is 2.33 bits per heavy atom. The smallest absolute Gasteiger partial charge is 0.193 e. The summed E-state index contributed by atoms with van der Waals surface area (Å²) >= 11 is 0. The van der Waals surface area contributed by atoms with Crippen molar-refractivity contribution in [3.8, 4) is 28.7 Å². The normalized spacial score (nSPS) is 10.6. The molecular formula is C18H18O6. The van der Waals surface area contributed by atoms with Gasteiger partial charge in [0, 0.05) is 17.7 Å². The molecule has 126 valence electrons. The summed E-state index contributed by atoms with van der Waals surface area (Å²) in [7, 11) is 4.28. The highest BCUT2D eigenvalue weighted by atomic mass is 16.5. The average molecular weight is 330 g/mol. The summed E-state index contributed by atoms with van der Waals surface area (Å²) in [6.07, 6.45) is 2.67. The first-order chi connectivity index (χ1) is 11.5. The topological polar surface area (TPSA) is 85.2 Å². The highest BCUT2D eigenvalue weighted by Gasteiger charge is 2.17. The molecule has 0 radical (unpaired) electrons. The molecule has 2 rings (SSSR count). The Balaban J connectivity index is 2.37. The van der Waals surface area contributed by atoms with Crippen LogP contribution in [0.25, 0.3) is 6.08 Å². The van der Waals surface area contributed by atoms with Crippen LogP contribution in [-0.4, -0.2) is 37.3 Å². The number of hydrogen-bond donors (Lipinski definition) is 2. The lowest BCUT2D eigenvalue weighted by atomic mass is 10.1. The highest BCUT2D eigenvalue weighted by molar-refractivity contribution is 6.10. The van der Waals surface area contributed by atoms with E-state index in [9.17, 15) is 15.0 Å². The Labute approximate surface area is 139 Å². The van der Waals surface area contributed by atoms with Gasteiger partial charge in [-0.2, -0.15) is 0 Å². The number of aromatic hydroxyl groups is 2. The van der Waals surface area contributed by atoms with Crippen LogP contribution >= 0.6 is 0 Å². The first-order valence-electron chi connectivity index (χ1n) is 7.05. The minimum atomic E-state index is -0.478. The molecule has 2 N–H and O–H groups in total. The van der Waals surface area contributed by atoms with Crippen molar-refractivity contribution in [1.82, 2.24) is 0 Å². The van der Waals surface area contributed by atoms with Crippen molar-refractivity contribution < 1.29 is 29.2 Å². The van der Waals surface area contributed by atoms with E-state index in [1.165, 1.54) is 45.6 Å². The van der Waals surface area contributed by atoms with Crippen LogP contribution in [0.2, 0.25) is 0 Å². The molecule has 0 unspecified atom stereocenters. The number of phenols is 2. The maximum atomic E-state index is 12.4. The number of ether oxygens (including phenoxy) is 3. The van der Waals surface area contributed by atoms with Gasteiger partial charge in [0.1, 0.15) is 22.8 Å². The number of rotatable bonds is 6. The van der Waals surface area contributed by atoms with Crippen LogP contribution in [0, 0.1) is 0 Å². The van der Waals surface area contributed by atoms with E-state index in [-0.39, 0.29) is 22.8 Å². The van der Waals surface area contributed by atoms with Crippen molar-refractivity contribution in [1.29, 1.82) is 0 Å². The lowest BCUT2D eigenvalue weighted by Gasteiger charge is -2.10. The fourth-order valence-electron chi connectivity index (χ4n) is 2.19. The number of carbonyl (C=O) groups is 1. The number of carbonyl (C=O) groups excluding carboxylic acids is 1. The molecule has 2 aromatic rings. The Hall–Kier alpha value is -3.15.